The van der Waals surface area contributed by atoms with Gasteiger partial charge in [-0.1, -0.05) is 41.5 Å². The van der Waals surface area contributed by atoms with Gasteiger partial charge in [-0.05, 0) is 35.1 Å². The molecule has 0 aliphatic carbocycles. The lowest BCUT2D eigenvalue weighted by Crippen LogP contribution is -2.15. The highest BCUT2D eigenvalue weighted by atomic mass is 32.2. The Morgan fingerprint density at radius 3 is 1.47 bits per heavy atom. The molecule has 172 valence electrons. The predicted molar refractivity (Wildman–Crippen MR) is 124 cm³/mol. The number of fused-ring (bicyclic) bond motifs is 3. The van der Waals surface area contributed by atoms with Crippen molar-refractivity contribution < 1.29 is 23.2 Å². The number of benzene rings is 2. The molecule has 0 bridgehead atoms. The van der Waals surface area contributed by atoms with Crippen molar-refractivity contribution in [3.05, 3.63) is 35.4 Å². The summed E-state index contributed by atoms with van der Waals surface area (Å²) >= 11 is 0. The molecule has 0 radical (unpaired) electrons. The molecular weight excluding hydrogens is 424 g/mol. The molecule has 0 saturated carbocycles. The van der Waals surface area contributed by atoms with Crippen LogP contribution in [-0.2, 0) is 31.1 Å². The first-order valence-electron chi connectivity index (χ1n) is 11.3. The quantitative estimate of drug-likeness (QED) is 0.490. The third-order valence-corrected chi connectivity index (χ3v) is 7.60. The number of hydrogen-bond acceptors (Lipinski definition) is 5. The van der Waals surface area contributed by atoms with Gasteiger partial charge in [0.05, 0.1) is 33.8 Å². The van der Waals surface area contributed by atoms with E-state index in [0.29, 0.717) is 13.2 Å². The van der Waals surface area contributed by atoms with Gasteiger partial charge in [0.1, 0.15) is 36.9 Å². The first-order chi connectivity index (χ1) is 15.0. The Bertz CT molecular complexity index is 999. The highest BCUT2D eigenvalue weighted by molar-refractivity contribution is 7.85. The highest BCUT2D eigenvalue weighted by Gasteiger charge is 2.34. The van der Waals surface area contributed by atoms with Gasteiger partial charge >= 0.3 is 0 Å². The molecule has 2 atom stereocenters. The molecule has 0 spiro atoms. The second-order valence-corrected chi connectivity index (χ2v) is 12.4. The Morgan fingerprint density at radius 2 is 1.16 bits per heavy atom. The standard InChI is InChI=1S/C26H32O5S/c1-25(2,3)19-9-23-17(7-21(19)30-13-15-11-28-15)18-8-22(31-14-16-12-29-16)20(26(4,5)6)10-24(18)32(23)27/h7-10,15-16H,11-14H2,1-6H3. The molecule has 0 aromatic heterocycles. The molecule has 0 amide bonds. The van der Waals surface area contributed by atoms with E-state index in [1.807, 2.05) is 0 Å². The molecule has 2 aromatic rings. The fourth-order valence-corrected chi connectivity index (χ4v) is 5.50. The fourth-order valence-electron chi connectivity index (χ4n) is 4.07. The maximum Gasteiger partial charge on any atom is 0.123 e. The molecule has 3 heterocycles. The summed E-state index contributed by atoms with van der Waals surface area (Å²) in [6.45, 7) is 15.5. The van der Waals surface area contributed by atoms with Crippen LogP contribution in [0.5, 0.6) is 11.5 Å². The van der Waals surface area contributed by atoms with E-state index in [1.165, 1.54) is 0 Å². The van der Waals surface area contributed by atoms with Crippen LogP contribution >= 0.6 is 0 Å². The van der Waals surface area contributed by atoms with E-state index in [1.54, 1.807) is 0 Å². The minimum atomic E-state index is -1.24. The maximum absolute atomic E-state index is 13.6. The SMILES string of the molecule is CC(C)(C)c1cc2c(cc1OCC1CO1)-c1cc(OCC3CO3)c(C(C)(C)C)cc1S2=O. The molecule has 3 aliphatic heterocycles. The van der Waals surface area contributed by atoms with Crippen LogP contribution in [0.25, 0.3) is 11.1 Å². The van der Waals surface area contributed by atoms with E-state index >= 15 is 0 Å². The van der Waals surface area contributed by atoms with E-state index in [2.05, 4.69) is 65.8 Å². The third-order valence-electron chi connectivity index (χ3n) is 6.12. The van der Waals surface area contributed by atoms with Gasteiger partial charge < -0.3 is 18.9 Å². The number of ether oxygens (including phenoxy) is 4. The molecule has 5 nitrogen and oxygen atoms in total. The molecule has 2 fully saturated rings. The van der Waals surface area contributed by atoms with Crippen molar-refractivity contribution in [1.82, 2.24) is 0 Å². The molecule has 5 rings (SSSR count). The fraction of sp³-hybridized carbons (Fsp3) is 0.538. The first kappa shape index (κ1) is 21.9. The second kappa shape index (κ2) is 7.57. The topological polar surface area (TPSA) is 60.6 Å². The molecule has 0 N–H and O–H groups in total. The van der Waals surface area contributed by atoms with Crippen LogP contribution in [0, 0.1) is 0 Å². The smallest absolute Gasteiger partial charge is 0.123 e. The van der Waals surface area contributed by atoms with Crippen LogP contribution < -0.4 is 9.47 Å². The van der Waals surface area contributed by atoms with Crippen molar-refractivity contribution in [2.75, 3.05) is 26.4 Å². The average Bonchev–Trinajstić information content (AvgIpc) is 3.62. The molecule has 2 aromatic carbocycles. The summed E-state index contributed by atoms with van der Waals surface area (Å²) in [6.07, 6.45) is 0.355. The summed E-state index contributed by atoms with van der Waals surface area (Å²) in [7, 11) is -1.24. The monoisotopic (exact) mass is 456 g/mol. The minimum Gasteiger partial charge on any atom is -0.490 e. The van der Waals surface area contributed by atoms with Crippen molar-refractivity contribution in [2.24, 2.45) is 0 Å². The summed E-state index contributed by atoms with van der Waals surface area (Å²) in [5.74, 6) is 1.68. The van der Waals surface area contributed by atoms with Gasteiger partial charge in [-0.25, -0.2) is 4.21 Å². The normalized spacial score (nSPS) is 23.5. The van der Waals surface area contributed by atoms with Gasteiger partial charge in [-0.2, -0.15) is 0 Å². The summed E-state index contributed by atoms with van der Waals surface area (Å²) in [4.78, 5) is 1.70. The zero-order valence-electron chi connectivity index (χ0n) is 19.7. The second-order valence-electron chi connectivity index (χ2n) is 11.0. The van der Waals surface area contributed by atoms with Crippen LogP contribution in [0.2, 0.25) is 0 Å². The Hall–Kier alpha value is -1.89. The lowest BCUT2D eigenvalue weighted by molar-refractivity contribution is 0.258. The van der Waals surface area contributed by atoms with Crippen molar-refractivity contribution >= 4 is 10.8 Å². The van der Waals surface area contributed by atoms with Gasteiger partial charge in [0.2, 0.25) is 0 Å². The summed E-state index contributed by atoms with van der Waals surface area (Å²) in [5.41, 5.74) is 3.79. The van der Waals surface area contributed by atoms with E-state index < -0.39 is 10.8 Å². The minimum absolute atomic E-state index is 0.136. The predicted octanol–water partition coefficient (Wildman–Crippen LogP) is 4.98. The van der Waals surface area contributed by atoms with Crippen LogP contribution in [0.15, 0.2) is 34.1 Å². The van der Waals surface area contributed by atoms with Gasteiger partial charge in [-0.15, -0.1) is 0 Å². The molecule has 2 saturated heterocycles. The van der Waals surface area contributed by atoms with Gasteiger partial charge in [0.15, 0.2) is 0 Å². The largest absolute Gasteiger partial charge is 0.490 e. The van der Waals surface area contributed by atoms with E-state index in [-0.39, 0.29) is 23.0 Å². The lowest BCUT2D eigenvalue weighted by Gasteiger charge is -2.24. The van der Waals surface area contributed by atoms with E-state index in [4.69, 9.17) is 18.9 Å². The van der Waals surface area contributed by atoms with Crippen LogP contribution in [0.4, 0.5) is 0 Å². The Morgan fingerprint density at radius 1 is 0.781 bits per heavy atom. The van der Waals surface area contributed by atoms with Crippen molar-refractivity contribution in [1.29, 1.82) is 0 Å². The Balaban J connectivity index is 1.61. The molecule has 6 heteroatoms. The van der Waals surface area contributed by atoms with Gasteiger partial charge in [0, 0.05) is 22.3 Å². The Kier molecular flexibility index (Phi) is 5.19. The molecule has 2 unspecified atom stereocenters. The Labute approximate surface area is 192 Å². The van der Waals surface area contributed by atoms with Crippen LogP contribution in [-0.4, -0.2) is 42.8 Å². The van der Waals surface area contributed by atoms with E-state index in [9.17, 15) is 4.21 Å². The zero-order chi connectivity index (χ0) is 22.8. The number of hydrogen-bond donors (Lipinski definition) is 0. The van der Waals surface area contributed by atoms with E-state index in [0.717, 1.165) is 56.8 Å². The summed E-state index contributed by atoms with van der Waals surface area (Å²) in [5, 5.41) is 0. The van der Waals surface area contributed by atoms with Crippen molar-refractivity contribution in [3.63, 3.8) is 0 Å². The lowest BCUT2D eigenvalue weighted by atomic mass is 9.84. The molecule has 32 heavy (non-hydrogen) atoms. The van der Waals surface area contributed by atoms with Gasteiger partial charge in [-0.3, -0.25) is 0 Å². The van der Waals surface area contributed by atoms with Gasteiger partial charge in [0.25, 0.3) is 0 Å². The first-order valence-corrected chi connectivity index (χ1v) is 12.5. The zero-order valence-corrected chi connectivity index (χ0v) is 20.6. The van der Waals surface area contributed by atoms with Crippen molar-refractivity contribution in [2.45, 2.75) is 74.4 Å². The molecule has 3 aliphatic rings. The summed E-state index contributed by atoms with van der Waals surface area (Å²) < 4.78 is 36.7. The third kappa shape index (κ3) is 4.20. The van der Waals surface area contributed by atoms with Crippen molar-refractivity contribution in [3.8, 4) is 22.6 Å². The maximum atomic E-state index is 13.6. The number of rotatable bonds is 6. The summed E-state index contributed by atoms with van der Waals surface area (Å²) in [6, 6.07) is 8.27. The molecular formula is C26H32O5S. The number of epoxide rings is 2. The van der Waals surface area contributed by atoms with Crippen LogP contribution in [0.1, 0.15) is 52.7 Å². The van der Waals surface area contributed by atoms with Crippen LogP contribution in [0.3, 0.4) is 0 Å². The average molecular weight is 457 g/mol. The highest BCUT2D eigenvalue weighted by Crippen LogP contribution is 2.49.